The largest absolute Gasteiger partial charge is 0.427 e. The van der Waals surface area contributed by atoms with Crippen molar-refractivity contribution < 1.29 is 9.53 Å². The van der Waals surface area contributed by atoms with E-state index >= 15 is 0 Å². The fourth-order valence-electron chi connectivity index (χ4n) is 1.41. The van der Waals surface area contributed by atoms with E-state index in [4.69, 9.17) is 4.74 Å². The number of carbonyl (C=O) groups is 1. The fraction of sp³-hybridized carbons (Fsp3) is 0.167. The summed E-state index contributed by atoms with van der Waals surface area (Å²) in [6.07, 6.45) is 3.02. The molecule has 0 N–H and O–H groups in total. The van der Waals surface area contributed by atoms with E-state index in [1.165, 1.54) is 24.3 Å². The maximum atomic E-state index is 10.8. The molecule has 6 heteroatoms. The number of hydrogen-bond acceptors (Lipinski definition) is 5. The van der Waals surface area contributed by atoms with Crippen LogP contribution in [-0.4, -0.2) is 26.6 Å². The van der Waals surface area contributed by atoms with Crippen LogP contribution in [-0.2, 0) is 4.79 Å². The zero-order chi connectivity index (χ0) is 13.0. The molecule has 1 aromatic heterocycles. The Kier molecular flexibility index (Phi) is 3.47. The molecule has 2 rings (SSSR count). The van der Waals surface area contributed by atoms with Gasteiger partial charge in [0.25, 0.3) is 0 Å². The summed E-state index contributed by atoms with van der Waals surface area (Å²) >= 11 is 0. The minimum atomic E-state index is -0.336. The van der Waals surface area contributed by atoms with Crippen molar-refractivity contribution >= 4 is 11.7 Å². The molecule has 0 unspecified atom stereocenters. The summed E-state index contributed by atoms with van der Waals surface area (Å²) in [5.74, 6) is 0.181. The Labute approximate surface area is 104 Å². The van der Waals surface area contributed by atoms with Crippen LogP contribution in [0.15, 0.2) is 42.0 Å². The Balaban J connectivity index is 2.16. The van der Waals surface area contributed by atoms with Gasteiger partial charge in [0.05, 0.1) is 5.71 Å². The number of nitrogens with zero attached hydrogens (tertiary/aromatic N) is 4. The number of carbonyl (C=O) groups excluding carboxylic acids is 1. The fourth-order valence-corrected chi connectivity index (χ4v) is 1.41. The topological polar surface area (TPSA) is 69.4 Å². The van der Waals surface area contributed by atoms with E-state index in [2.05, 4.69) is 15.3 Å². The van der Waals surface area contributed by atoms with E-state index in [9.17, 15) is 4.79 Å². The SMILES string of the molecule is CC(=O)Oc1ccc(C(C)=Nn2cnnc2)cc1. The third-order valence-electron chi connectivity index (χ3n) is 2.21. The number of benzene rings is 1. The summed E-state index contributed by atoms with van der Waals surface area (Å²) in [6, 6.07) is 7.12. The summed E-state index contributed by atoms with van der Waals surface area (Å²) in [6.45, 7) is 3.24. The monoisotopic (exact) mass is 244 g/mol. The predicted octanol–water partition coefficient (Wildman–Crippen LogP) is 1.48. The van der Waals surface area contributed by atoms with Crippen molar-refractivity contribution in [1.82, 2.24) is 14.9 Å². The van der Waals surface area contributed by atoms with Crippen molar-refractivity contribution in [3.05, 3.63) is 42.5 Å². The molecule has 0 saturated heterocycles. The van der Waals surface area contributed by atoms with E-state index in [0.717, 1.165) is 11.3 Å². The molecule has 1 heterocycles. The van der Waals surface area contributed by atoms with Crippen molar-refractivity contribution in [2.75, 3.05) is 0 Å². The third-order valence-corrected chi connectivity index (χ3v) is 2.21. The minimum Gasteiger partial charge on any atom is -0.427 e. The Bertz CT molecular complexity index is 558. The molecule has 0 aliphatic rings. The van der Waals surface area contributed by atoms with Gasteiger partial charge in [0.2, 0.25) is 0 Å². The van der Waals surface area contributed by atoms with Gasteiger partial charge in [-0.05, 0) is 36.8 Å². The lowest BCUT2D eigenvalue weighted by molar-refractivity contribution is -0.131. The molecule has 1 aromatic carbocycles. The van der Waals surface area contributed by atoms with E-state index in [-0.39, 0.29) is 5.97 Å². The summed E-state index contributed by atoms with van der Waals surface area (Å²) in [4.78, 5) is 10.8. The third kappa shape index (κ3) is 3.00. The lowest BCUT2D eigenvalue weighted by Crippen LogP contribution is -2.02. The average molecular weight is 244 g/mol. The molecule has 0 spiro atoms. The van der Waals surface area contributed by atoms with Crippen LogP contribution in [0.2, 0.25) is 0 Å². The Morgan fingerprint density at radius 1 is 1.17 bits per heavy atom. The number of rotatable bonds is 3. The van der Waals surface area contributed by atoms with Crippen molar-refractivity contribution in [3.63, 3.8) is 0 Å². The normalized spacial score (nSPS) is 11.3. The van der Waals surface area contributed by atoms with E-state index in [0.29, 0.717) is 5.75 Å². The molecule has 0 atom stereocenters. The maximum absolute atomic E-state index is 10.8. The Morgan fingerprint density at radius 2 is 1.78 bits per heavy atom. The van der Waals surface area contributed by atoms with Gasteiger partial charge in [0.15, 0.2) is 0 Å². The van der Waals surface area contributed by atoms with Gasteiger partial charge in [-0.2, -0.15) is 5.10 Å². The van der Waals surface area contributed by atoms with Crippen LogP contribution in [0.5, 0.6) is 5.75 Å². The molecule has 0 bridgehead atoms. The van der Waals surface area contributed by atoms with Crippen LogP contribution in [0.25, 0.3) is 0 Å². The van der Waals surface area contributed by atoms with Crippen LogP contribution in [0.4, 0.5) is 0 Å². The molecule has 0 aliphatic heterocycles. The van der Waals surface area contributed by atoms with Gasteiger partial charge >= 0.3 is 5.97 Å². The molecule has 18 heavy (non-hydrogen) atoms. The summed E-state index contributed by atoms with van der Waals surface area (Å²) < 4.78 is 6.47. The highest BCUT2D eigenvalue weighted by Crippen LogP contribution is 2.13. The summed E-state index contributed by atoms with van der Waals surface area (Å²) in [7, 11) is 0. The highest BCUT2D eigenvalue weighted by molar-refractivity contribution is 5.98. The van der Waals surface area contributed by atoms with Gasteiger partial charge in [-0.1, -0.05) is 0 Å². The second kappa shape index (κ2) is 5.22. The van der Waals surface area contributed by atoms with Crippen molar-refractivity contribution in [1.29, 1.82) is 0 Å². The number of aromatic nitrogens is 3. The average Bonchev–Trinajstić information content (AvgIpc) is 2.82. The molecule has 0 saturated carbocycles. The summed E-state index contributed by atoms with van der Waals surface area (Å²) in [5.41, 5.74) is 1.74. The molecule has 92 valence electrons. The van der Waals surface area contributed by atoms with Gasteiger partial charge in [0, 0.05) is 6.92 Å². The molecule has 2 aromatic rings. The van der Waals surface area contributed by atoms with Crippen molar-refractivity contribution in [2.45, 2.75) is 13.8 Å². The van der Waals surface area contributed by atoms with Crippen molar-refractivity contribution in [3.8, 4) is 5.75 Å². The van der Waals surface area contributed by atoms with Crippen LogP contribution in [0, 0.1) is 0 Å². The standard InChI is InChI=1S/C12H12N4O2/c1-9(15-16-7-13-14-8-16)11-3-5-12(6-4-11)18-10(2)17/h3-8H,1-2H3. The van der Waals surface area contributed by atoms with Gasteiger partial charge in [-0.15, -0.1) is 10.2 Å². The van der Waals surface area contributed by atoms with Gasteiger partial charge < -0.3 is 4.74 Å². The van der Waals surface area contributed by atoms with E-state index in [1.807, 2.05) is 19.1 Å². The smallest absolute Gasteiger partial charge is 0.308 e. The molecule has 0 aliphatic carbocycles. The van der Waals surface area contributed by atoms with Gasteiger partial charge in [-0.3, -0.25) is 4.79 Å². The van der Waals surface area contributed by atoms with Crippen LogP contribution >= 0.6 is 0 Å². The number of ether oxygens (including phenoxy) is 1. The van der Waals surface area contributed by atoms with Crippen LogP contribution in [0.1, 0.15) is 19.4 Å². The second-order valence-electron chi connectivity index (χ2n) is 3.65. The Morgan fingerprint density at radius 3 is 2.33 bits per heavy atom. The minimum absolute atomic E-state index is 0.336. The van der Waals surface area contributed by atoms with E-state index in [1.54, 1.807) is 12.1 Å². The van der Waals surface area contributed by atoms with Gasteiger partial charge in [-0.25, -0.2) is 4.68 Å². The Hall–Kier alpha value is -2.50. The quantitative estimate of drug-likeness (QED) is 0.466. The highest BCUT2D eigenvalue weighted by Gasteiger charge is 2.01. The predicted molar refractivity (Wildman–Crippen MR) is 65.4 cm³/mol. The zero-order valence-electron chi connectivity index (χ0n) is 10.1. The number of esters is 1. The lowest BCUT2D eigenvalue weighted by Gasteiger charge is -2.03. The zero-order valence-corrected chi connectivity index (χ0v) is 10.1. The second-order valence-corrected chi connectivity index (χ2v) is 3.65. The molecule has 0 radical (unpaired) electrons. The lowest BCUT2D eigenvalue weighted by atomic mass is 10.1. The molecule has 0 amide bonds. The first-order chi connectivity index (χ1) is 8.65. The van der Waals surface area contributed by atoms with Crippen molar-refractivity contribution in [2.24, 2.45) is 5.10 Å². The maximum Gasteiger partial charge on any atom is 0.308 e. The first kappa shape index (κ1) is 12.0. The van der Waals surface area contributed by atoms with Gasteiger partial charge in [0.1, 0.15) is 18.4 Å². The molecular formula is C12H12N4O2. The van der Waals surface area contributed by atoms with Crippen LogP contribution < -0.4 is 4.74 Å². The first-order valence-corrected chi connectivity index (χ1v) is 5.34. The molecule has 6 nitrogen and oxygen atoms in total. The van der Waals surface area contributed by atoms with E-state index < -0.39 is 0 Å². The number of hydrogen-bond donors (Lipinski definition) is 0. The first-order valence-electron chi connectivity index (χ1n) is 5.34. The molecular weight excluding hydrogens is 232 g/mol. The van der Waals surface area contributed by atoms with Crippen LogP contribution in [0.3, 0.4) is 0 Å². The molecule has 0 fully saturated rings. The highest BCUT2D eigenvalue weighted by atomic mass is 16.5. The summed E-state index contributed by atoms with van der Waals surface area (Å²) in [5, 5.41) is 11.6.